The van der Waals surface area contributed by atoms with Gasteiger partial charge in [-0.2, -0.15) is 5.26 Å². The predicted molar refractivity (Wildman–Crippen MR) is 72.9 cm³/mol. The average Bonchev–Trinajstić information content (AvgIpc) is 2.44. The number of morpholine rings is 1. The maximum absolute atomic E-state index is 12.4. The summed E-state index contributed by atoms with van der Waals surface area (Å²) in [5, 5.41) is 9.18. The number of hydrogen-bond acceptors (Lipinski definition) is 4. The molecule has 0 radical (unpaired) electrons. The first-order valence-corrected chi connectivity index (χ1v) is 6.82. The lowest BCUT2D eigenvalue weighted by Gasteiger charge is -2.30. The molecule has 1 fully saturated rings. The van der Waals surface area contributed by atoms with Crippen molar-refractivity contribution in [2.24, 2.45) is 0 Å². The largest absolute Gasteiger partial charge is 0.360 e. The van der Waals surface area contributed by atoms with Gasteiger partial charge in [-0.15, -0.1) is 0 Å². The molecule has 100 valence electrons. The van der Waals surface area contributed by atoms with Crippen LogP contribution in [-0.2, 0) is 4.74 Å². The summed E-state index contributed by atoms with van der Waals surface area (Å²) in [7, 11) is 0. The van der Waals surface area contributed by atoms with Gasteiger partial charge in [0.25, 0.3) is 5.91 Å². The fraction of sp³-hybridized carbons (Fsp3) is 0.417. The maximum Gasteiger partial charge on any atom is 0.257 e. The Bertz CT molecular complexity index is 559. The Morgan fingerprint density at radius 3 is 3.16 bits per heavy atom. The lowest BCUT2D eigenvalue weighted by Crippen LogP contribution is -2.45. The van der Waals surface area contributed by atoms with Crippen LogP contribution in [0.1, 0.15) is 16.1 Å². The van der Waals surface area contributed by atoms with E-state index in [0.717, 1.165) is 5.69 Å². The molecule has 5 nitrogen and oxygen atoms in total. The van der Waals surface area contributed by atoms with Gasteiger partial charge in [-0.3, -0.25) is 9.78 Å². The van der Waals surface area contributed by atoms with Gasteiger partial charge in [-0.1, -0.05) is 11.6 Å². The van der Waals surface area contributed by atoms with E-state index in [1.807, 2.05) is 6.07 Å². The summed E-state index contributed by atoms with van der Waals surface area (Å²) in [4.78, 5) is 18.0. The molecule has 1 aliphatic rings. The minimum absolute atomic E-state index is 0.234. The normalized spacial score (nSPS) is 19.1. The van der Waals surface area contributed by atoms with Crippen LogP contribution < -0.4 is 0 Å². The first-order chi connectivity index (χ1) is 9.04. The Kier molecular flexibility index (Phi) is 4.40. The lowest BCUT2D eigenvalue weighted by molar-refractivity contribution is 0.00345. The SMILES string of the molecule is Cc1ncc(C(=O)N2CCOC(C#N)C2)c(Cl)c1Br. The van der Waals surface area contributed by atoms with Crippen LogP contribution in [0.25, 0.3) is 0 Å². The minimum atomic E-state index is -0.585. The predicted octanol–water partition coefficient (Wildman–Crippen LogP) is 2.17. The zero-order chi connectivity index (χ0) is 14.0. The number of ether oxygens (including phenoxy) is 1. The highest BCUT2D eigenvalue weighted by Crippen LogP contribution is 2.29. The van der Waals surface area contributed by atoms with Gasteiger partial charge in [-0.05, 0) is 22.9 Å². The molecular weight excluding hydrogens is 334 g/mol. The fourth-order valence-electron chi connectivity index (χ4n) is 1.78. The number of nitrogens with zero attached hydrogens (tertiary/aromatic N) is 3. The molecule has 2 rings (SSSR count). The molecule has 1 aliphatic heterocycles. The minimum Gasteiger partial charge on any atom is -0.360 e. The van der Waals surface area contributed by atoms with Crippen LogP contribution in [0.15, 0.2) is 10.7 Å². The van der Waals surface area contributed by atoms with Gasteiger partial charge < -0.3 is 9.64 Å². The molecule has 1 aromatic heterocycles. The number of hydrogen-bond donors (Lipinski definition) is 0. The standard InChI is InChI=1S/C12H11BrClN3O2/c1-7-10(13)11(14)9(5-16-7)12(18)17-2-3-19-8(4-15)6-17/h5,8H,2-3,6H2,1H3. The van der Waals surface area contributed by atoms with Crippen LogP contribution in [0, 0.1) is 18.3 Å². The number of aromatic nitrogens is 1. The lowest BCUT2D eigenvalue weighted by atomic mass is 10.2. The van der Waals surface area contributed by atoms with E-state index in [1.165, 1.54) is 6.20 Å². The molecule has 1 unspecified atom stereocenters. The van der Waals surface area contributed by atoms with E-state index < -0.39 is 6.10 Å². The molecule has 0 aliphatic carbocycles. The van der Waals surface area contributed by atoms with Crippen LogP contribution in [0.2, 0.25) is 5.02 Å². The van der Waals surface area contributed by atoms with Gasteiger partial charge >= 0.3 is 0 Å². The van der Waals surface area contributed by atoms with Crippen LogP contribution >= 0.6 is 27.5 Å². The highest BCUT2D eigenvalue weighted by atomic mass is 79.9. The third-order valence-corrected chi connectivity index (χ3v) is 4.45. The Hall–Kier alpha value is -1.16. The van der Waals surface area contributed by atoms with E-state index in [4.69, 9.17) is 21.6 Å². The topological polar surface area (TPSA) is 66.2 Å². The fourth-order valence-corrected chi connectivity index (χ4v) is 2.37. The molecule has 0 spiro atoms. The van der Waals surface area contributed by atoms with Gasteiger partial charge in [0.2, 0.25) is 0 Å². The third-order valence-electron chi connectivity index (χ3n) is 2.86. The first-order valence-electron chi connectivity index (χ1n) is 5.65. The van der Waals surface area contributed by atoms with Gasteiger partial charge in [0, 0.05) is 12.7 Å². The van der Waals surface area contributed by atoms with Gasteiger partial charge in [0.05, 0.1) is 40.0 Å². The molecule has 1 atom stereocenters. The molecule has 0 bridgehead atoms. The second-order valence-corrected chi connectivity index (χ2v) is 5.30. The summed E-state index contributed by atoms with van der Waals surface area (Å²) in [6.07, 6.45) is 0.875. The van der Waals surface area contributed by atoms with E-state index in [0.29, 0.717) is 28.2 Å². The zero-order valence-corrected chi connectivity index (χ0v) is 12.5. The number of pyridine rings is 1. The number of rotatable bonds is 1. The van der Waals surface area contributed by atoms with Crippen molar-refractivity contribution in [3.8, 4) is 6.07 Å². The first kappa shape index (κ1) is 14.3. The summed E-state index contributed by atoms with van der Waals surface area (Å²) in [5.41, 5.74) is 1.05. The van der Waals surface area contributed by atoms with Gasteiger partial charge in [-0.25, -0.2) is 0 Å². The monoisotopic (exact) mass is 343 g/mol. The Morgan fingerprint density at radius 1 is 1.74 bits per heavy atom. The third kappa shape index (κ3) is 2.89. The molecule has 0 N–H and O–H groups in total. The average molecular weight is 345 g/mol. The summed E-state index contributed by atoms with van der Waals surface area (Å²) in [5.74, 6) is -0.234. The van der Waals surface area contributed by atoms with Crippen LogP contribution in [0.3, 0.4) is 0 Å². The summed E-state index contributed by atoms with van der Waals surface area (Å²) < 4.78 is 5.82. The second-order valence-electron chi connectivity index (χ2n) is 4.12. The van der Waals surface area contributed by atoms with Crippen LogP contribution in [0.5, 0.6) is 0 Å². The van der Waals surface area contributed by atoms with E-state index in [9.17, 15) is 4.79 Å². The smallest absolute Gasteiger partial charge is 0.257 e. The summed E-state index contributed by atoms with van der Waals surface area (Å²) >= 11 is 9.46. The molecule has 2 heterocycles. The second kappa shape index (κ2) is 5.87. The van der Waals surface area contributed by atoms with Gasteiger partial charge in [0.15, 0.2) is 6.10 Å². The summed E-state index contributed by atoms with van der Waals surface area (Å²) in [6, 6.07) is 2.00. The number of halogens is 2. The van der Waals surface area contributed by atoms with Crippen molar-refractivity contribution in [2.45, 2.75) is 13.0 Å². The number of carbonyl (C=O) groups is 1. The van der Waals surface area contributed by atoms with Crippen molar-refractivity contribution in [3.05, 3.63) is 26.9 Å². The Morgan fingerprint density at radius 2 is 2.47 bits per heavy atom. The molecule has 0 saturated carbocycles. The maximum atomic E-state index is 12.4. The number of nitriles is 1. The quantitative estimate of drug-likeness (QED) is 0.783. The molecule has 1 aromatic rings. The van der Waals surface area contributed by atoms with Crippen LogP contribution in [-0.4, -0.2) is 41.6 Å². The Balaban J connectivity index is 2.25. The van der Waals surface area contributed by atoms with Crippen molar-refractivity contribution in [3.63, 3.8) is 0 Å². The van der Waals surface area contributed by atoms with E-state index >= 15 is 0 Å². The number of carbonyl (C=O) groups excluding carboxylic acids is 1. The van der Waals surface area contributed by atoms with Crippen molar-refractivity contribution >= 4 is 33.4 Å². The molecule has 1 saturated heterocycles. The number of amides is 1. The van der Waals surface area contributed by atoms with Crippen molar-refractivity contribution in [1.29, 1.82) is 5.26 Å². The van der Waals surface area contributed by atoms with E-state index in [1.54, 1.807) is 11.8 Å². The zero-order valence-electron chi connectivity index (χ0n) is 10.2. The molecule has 0 aromatic carbocycles. The highest BCUT2D eigenvalue weighted by molar-refractivity contribution is 9.10. The van der Waals surface area contributed by atoms with Crippen molar-refractivity contribution < 1.29 is 9.53 Å². The molecule has 1 amide bonds. The van der Waals surface area contributed by atoms with Crippen molar-refractivity contribution in [1.82, 2.24) is 9.88 Å². The van der Waals surface area contributed by atoms with Gasteiger partial charge in [0.1, 0.15) is 0 Å². The highest BCUT2D eigenvalue weighted by Gasteiger charge is 2.27. The summed E-state index contributed by atoms with van der Waals surface area (Å²) in [6.45, 7) is 2.84. The molecular formula is C12H11BrClN3O2. The van der Waals surface area contributed by atoms with Crippen molar-refractivity contribution in [2.75, 3.05) is 19.7 Å². The van der Waals surface area contributed by atoms with E-state index in [2.05, 4.69) is 20.9 Å². The molecule has 19 heavy (non-hydrogen) atoms. The molecule has 7 heteroatoms. The van der Waals surface area contributed by atoms with Crippen LogP contribution in [0.4, 0.5) is 0 Å². The number of aryl methyl sites for hydroxylation is 1. The van der Waals surface area contributed by atoms with E-state index in [-0.39, 0.29) is 12.5 Å². The Labute approximate surface area is 124 Å².